The Hall–Kier alpha value is -1.93. The minimum Gasteiger partial charge on any atom is -0.378 e. The van der Waals surface area contributed by atoms with Crippen molar-refractivity contribution in [2.24, 2.45) is 11.3 Å². The summed E-state index contributed by atoms with van der Waals surface area (Å²) in [6.07, 6.45) is 4.39. The predicted molar refractivity (Wildman–Crippen MR) is 99.6 cm³/mol. The summed E-state index contributed by atoms with van der Waals surface area (Å²) in [6, 6.07) is 19.2. The molecule has 4 rings (SSSR count). The van der Waals surface area contributed by atoms with Crippen molar-refractivity contribution >= 4 is 5.78 Å². The molecule has 25 heavy (non-hydrogen) atoms. The number of Topliss-reactive ketones (excluding diaryl/α,β-unsaturated/α-hetero) is 1. The molecule has 0 amide bonds. The lowest BCUT2D eigenvalue weighted by atomic mass is 9.55. The molecule has 2 aromatic carbocycles. The second-order valence-corrected chi connectivity index (χ2v) is 7.61. The maximum Gasteiger partial charge on any atom is 0.142 e. The Morgan fingerprint density at radius 1 is 1.00 bits per heavy atom. The van der Waals surface area contributed by atoms with Gasteiger partial charge in [-0.05, 0) is 55.2 Å². The number of fused-ring (bicyclic) bond motifs is 2. The first-order chi connectivity index (χ1) is 12.2. The summed E-state index contributed by atoms with van der Waals surface area (Å²) in [5.74, 6) is 0.779. The Morgan fingerprint density at radius 2 is 1.72 bits per heavy atom. The molecule has 2 nitrogen and oxygen atoms in total. The van der Waals surface area contributed by atoms with Crippen LogP contribution in [0.25, 0.3) is 0 Å². The molecule has 1 fully saturated rings. The third-order valence-electron chi connectivity index (χ3n) is 6.15. The van der Waals surface area contributed by atoms with E-state index in [4.69, 9.17) is 4.74 Å². The molecule has 0 unspecified atom stereocenters. The van der Waals surface area contributed by atoms with E-state index in [1.54, 1.807) is 0 Å². The fourth-order valence-electron chi connectivity index (χ4n) is 4.95. The fraction of sp³-hybridized carbons (Fsp3) is 0.435. The van der Waals surface area contributed by atoms with Gasteiger partial charge in [-0.3, -0.25) is 4.79 Å². The van der Waals surface area contributed by atoms with Crippen LogP contribution >= 0.6 is 0 Å². The minimum absolute atomic E-state index is 0.0941. The van der Waals surface area contributed by atoms with Crippen LogP contribution in [0.4, 0.5) is 0 Å². The van der Waals surface area contributed by atoms with Crippen LogP contribution in [0.2, 0.25) is 0 Å². The van der Waals surface area contributed by atoms with Crippen LogP contribution in [0.1, 0.15) is 36.5 Å². The van der Waals surface area contributed by atoms with Gasteiger partial charge in [0.1, 0.15) is 5.78 Å². The number of hydrogen-bond donors (Lipinski definition) is 0. The van der Waals surface area contributed by atoms with Gasteiger partial charge in [0.25, 0.3) is 0 Å². The quantitative estimate of drug-likeness (QED) is 0.828. The molecular weight excluding hydrogens is 308 g/mol. The van der Waals surface area contributed by atoms with Crippen LogP contribution in [-0.4, -0.2) is 18.5 Å². The lowest BCUT2D eigenvalue weighted by Crippen LogP contribution is -2.52. The van der Waals surface area contributed by atoms with E-state index < -0.39 is 0 Å². The maximum absolute atomic E-state index is 13.4. The number of carbonyl (C=O) groups is 1. The highest BCUT2D eigenvalue weighted by Gasteiger charge is 2.51. The van der Waals surface area contributed by atoms with E-state index in [0.29, 0.717) is 24.7 Å². The zero-order valence-corrected chi connectivity index (χ0v) is 14.9. The van der Waals surface area contributed by atoms with Crippen LogP contribution in [0.3, 0.4) is 0 Å². The van der Waals surface area contributed by atoms with Crippen LogP contribution in [0.5, 0.6) is 0 Å². The lowest BCUT2D eigenvalue weighted by molar-refractivity contribution is -0.143. The first kappa shape index (κ1) is 16.5. The summed E-state index contributed by atoms with van der Waals surface area (Å²) in [5, 5.41) is 0. The number of rotatable bonds is 4. The third-order valence-corrected chi connectivity index (χ3v) is 6.15. The lowest BCUT2D eigenvalue weighted by Gasteiger charge is -2.49. The Balaban J connectivity index is 1.72. The molecule has 0 spiro atoms. The van der Waals surface area contributed by atoms with Crippen molar-refractivity contribution in [1.29, 1.82) is 0 Å². The number of ether oxygens (including phenoxy) is 1. The van der Waals surface area contributed by atoms with Gasteiger partial charge in [0.15, 0.2) is 0 Å². The number of benzene rings is 2. The Labute approximate surface area is 150 Å². The highest BCUT2D eigenvalue weighted by atomic mass is 16.5. The number of hydrogen-bond acceptors (Lipinski definition) is 2. The van der Waals surface area contributed by atoms with Gasteiger partial charge in [0, 0.05) is 18.4 Å². The van der Waals surface area contributed by atoms with Crippen molar-refractivity contribution in [3.05, 3.63) is 71.3 Å². The topological polar surface area (TPSA) is 26.3 Å². The second-order valence-electron chi connectivity index (χ2n) is 7.61. The summed E-state index contributed by atoms with van der Waals surface area (Å²) in [7, 11) is 0. The molecule has 130 valence electrons. The molecule has 0 bridgehead atoms. The number of carbonyl (C=O) groups excluding carboxylic acids is 1. The van der Waals surface area contributed by atoms with Crippen molar-refractivity contribution in [3.63, 3.8) is 0 Å². The molecule has 0 heterocycles. The van der Waals surface area contributed by atoms with E-state index in [1.807, 2.05) is 13.0 Å². The zero-order chi connectivity index (χ0) is 17.3. The molecule has 0 aromatic heterocycles. The predicted octanol–water partition coefficient (Wildman–Crippen LogP) is 4.40. The molecular formula is C23H26O2. The Morgan fingerprint density at radius 3 is 2.48 bits per heavy atom. The van der Waals surface area contributed by atoms with E-state index in [0.717, 1.165) is 25.7 Å². The molecule has 2 heteroatoms. The Kier molecular flexibility index (Phi) is 4.47. The fourth-order valence-corrected chi connectivity index (χ4v) is 4.95. The van der Waals surface area contributed by atoms with Crippen LogP contribution in [0.15, 0.2) is 54.6 Å². The van der Waals surface area contributed by atoms with Gasteiger partial charge in [-0.25, -0.2) is 0 Å². The van der Waals surface area contributed by atoms with Gasteiger partial charge >= 0.3 is 0 Å². The Bertz CT molecular complexity index is 752. The smallest absolute Gasteiger partial charge is 0.142 e. The molecule has 3 atom stereocenters. The van der Waals surface area contributed by atoms with E-state index in [-0.39, 0.29) is 11.5 Å². The normalized spacial score (nSPS) is 28.3. The standard InChI is InChI=1S/C23H26O2/c1-2-25-21-13-20-12-18-10-6-7-11-19(18)16-23(20,22(24)14-21)15-17-8-4-3-5-9-17/h3-11,20-21H,2,12-16H2,1H3/t20-,21-,23-/m1/s1. The highest BCUT2D eigenvalue weighted by Crippen LogP contribution is 2.49. The highest BCUT2D eigenvalue weighted by molar-refractivity contribution is 5.87. The van der Waals surface area contributed by atoms with E-state index in [2.05, 4.69) is 48.5 Å². The van der Waals surface area contributed by atoms with Crippen molar-refractivity contribution in [1.82, 2.24) is 0 Å². The molecule has 0 N–H and O–H groups in total. The third kappa shape index (κ3) is 3.04. The molecule has 2 aliphatic carbocycles. The van der Waals surface area contributed by atoms with Gasteiger partial charge in [-0.15, -0.1) is 0 Å². The molecule has 0 aliphatic heterocycles. The molecule has 0 saturated heterocycles. The summed E-state index contributed by atoms with van der Waals surface area (Å²) in [5.41, 5.74) is 3.79. The molecule has 2 aliphatic rings. The summed E-state index contributed by atoms with van der Waals surface area (Å²) < 4.78 is 5.86. The number of ketones is 1. The molecule has 2 aromatic rings. The second kappa shape index (κ2) is 6.76. The van der Waals surface area contributed by atoms with Crippen molar-refractivity contribution in [2.75, 3.05) is 6.61 Å². The zero-order valence-electron chi connectivity index (χ0n) is 14.9. The van der Waals surface area contributed by atoms with Crippen LogP contribution in [0, 0.1) is 11.3 Å². The van der Waals surface area contributed by atoms with Gasteiger partial charge in [-0.2, -0.15) is 0 Å². The van der Waals surface area contributed by atoms with E-state index >= 15 is 0 Å². The first-order valence-corrected chi connectivity index (χ1v) is 9.47. The van der Waals surface area contributed by atoms with Gasteiger partial charge < -0.3 is 4.74 Å². The SMILES string of the molecule is CCO[C@H]1CC(=O)[C@]2(Cc3ccccc3)Cc3ccccc3C[C@@H]2C1. The largest absolute Gasteiger partial charge is 0.378 e. The summed E-state index contributed by atoms with van der Waals surface area (Å²) >= 11 is 0. The average molecular weight is 334 g/mol. The van der Waals surface area contributed by atoms with Gasteiger partial charge in [0.05, 0.1) is 6.10 Å². The monoisotopic (exact) mass is 334 g/mol. The minimum atomic E-state index is -0.261. The van der Waals surface area contributed by atoms with Gasteiger partial charge in [-0.1, -0.05) is 54.6 Å². The summed E-state index contributed by atoms with van der Waals surface area (Å²) in [4.78, 5) is 13.4. The average Bonchev–Trinajstić information content (AvgIpc) is 2.62. The molecule has 1 saturated carbocycles. The first-order valence-electron chi connectivity index (χ1n) is 9.47. The van der Waals surface area contributed by atoms with Crippen molar-refractivity contribution in [3.8, 4) is 0 Å². The summed E-state index contributed by atoms with van der Waals surface area (Å²) in [6.45, 7) is 2.71. The van der Waals surface area contributed by atoms with Crippen LogP contribution < -0.4 is 0 Å². The molecule has 0 radical (unpaired) electrons. The van der Waals surface area contributed by atoms with E-state index in [9.17, 15) is 4.79 Å². The van der Waals surface area contributed by atoms with E-state index in [1.165, 1.54) is 16.7 Å². The van der Waals surface area contributed by atoms with Crippen molar-refractivity contribution < 1.29 is 9.53 Å². The maximum atomic E-state index is 13.4. The van der Waals surface area contributed by atoms with Gasteiger partial charge in [0.2, 0.25) is 0 Å². The van der Waals surface area contributed by atoms with Crippen LogP contribution in [-0.2, 0) is 28.8 Å². The van der Waals surface area contributed by atoms with Crippen molar-refractivity contribution in [2.45, 2.75) is 45.1 Å².